The highest BCUT2D eigenvalue weighted by Gasteiger charge is 2.33. The van der Waals surface area contributed by atoms with E-state index >= 15 is 0 Å². The van der Waals surface area contributed by atoms with Crippen LogP contribution in [0.3, 0.4) is 0 Å². The molecule has 4 aliphatic carbocycles. The number of esters is 2. The maximum absolute atomic E-state index is 14.2. The van der Waals surface area contributed by atoms with E-state index in [1.54, 1.807) is 0 Å². The zero-order chi connectivity index (χ0) is 47.8. The van der Waals surface area contributed by atoms with Gasteiger partial charge >= 0.3 is 11.9 Å². The van der Waals surface area contributed by atoms with Gasteiger partial charge in [0, 0.05) is 23.0 Å². The Morgan fingerprint density at radius 3 is 1.51 bits per heavy atom. The lowest BCUT2D eigenvalue weighted by atomic mass is 9.75. The first-order chi connectivity index (χ1) is 34.4. The van der Waals surface area contributed by atoms with Gasteiger partial charge in [0.25, 0.3) is 0 Å². The molecule has 0 spiro atoms. The number of benzene rings is 6. The Balaban J connectivity index is 0.866. The molecule has 6 aromatic rings. The van der Waals surface area contributed by atoms with Crippen LogP contribution in [-0.4, -0.2) is 11.9 Å². The molecule has 10 rings (SSSR count). The number of ether oxygens (including phenoxy) is 2. The SMILES string of the molecule is CCCCC1CCC(c2ccc(-c3ccc(C(=O)OC4=C(c5c(OC(=O)c6ccc(-c7ccc(C8CCC(CCCC)CC8)cc7)cc6)ccc6ccccc56)[C@H]5C=CC=C[C@H]5C=C4)cc3)cc2)CC1. The predicted octanol–water partition coefficient (Wildman–Crippen LogP) is 17.8. The number of allylic oxidation sites excluding steroid dienone is 7. The first-order valence-electron chi connectivity index (χ1n) is 26.6. The highest BCUT2D eigenvalue weighted by Crippen LogP contribution is 2.47. The summed E-state index contributed by atoms with van der Waals surface area (Å²) in [5.41, 5.74) is 9.71. The standard InChI is InChI=1S/C66H68O4/c1-3-5-11-45-17-21-47(22-18-45)49-25-29-51(30-26-49)53-33-37-57(38-34-53)65(67)69-61-43-41-55-13-7-9-15-59(55)63(61)64-60-16-10-8-14-56(60)42-44-62(64)70-66(68)58-39-35-54(36-40-58)52-31-27-50(28-32-52)48-23-19-46(20-24-48)12-6-4-2/h7-10,13-16,25-48,55,59H,3-6,11-12,17-24H2,1-2H3/t45?,46?,47?,48?,55-,59-/m0/s1. The molecular weight excluding hydrogens is 857 g/mol. The molecule has 0 radical (unpaired) electrons. The molecule has 2 fully saturated rings. The van der Waals surface area contributed by atoms with Crippen LogP contribution in [0.5, 0.6) is 5.75 Å². The van der Waals surface area contributed by atoms with E-state index in [2.05, 4.69) is 92.7 Å². The average Bonchev–Trinajstić information content (AvgIpc) is 3.42. The van der Waals surface area contributed by atoms with Gasteiger partial charge in [-0.05, 0) is 156 Å². The van der Waals surface area contributed by atoms with Gasteiger partial charge in [-0.3, -0.25) is 0 Å². The highest BCUT2D eigenvalue weighted by atomic mass is 16.5. The largest absolute Gasteiger partial charge is 0.423 e. The molecule has 4 nitrogen and oxygen atoms in total. The van der Waals surface area contributed by atoms with Crippen molar-refractivity contribution in [2.24, 2.45) is 23.7 Å². The van der Waals surface area contributed by atoms with Crippen molar-refractivity contribution in [1.82, 2.24) is 0 Å². The Bertz CT molecular complexity index is 2880. The second-order valence-electron chi connectivity index (χ2n) is 20.6. The van der Waals surface area contributed by atoms with Crippen LogP contribution in [0.25, 0.3) is 38.6 Å². The van der Waals surface area contributed by atoms with E-state index in [9.17, 15) is 9.59 Å². The maximum atomic E-state index is 14.2. The third-order valence-electron chi connectivity index (χ3n) is 16.1. The van der Waals surface area contributed by atoms with Crippen molar-refractivity contribution in [2.75, 3.05) is 0 Å². The molecule has 6 aromatic carbocycles. The number of unbranched alkanes of at least 4 members (excludes halogenated alkanes) is 2. The van der Waals surface area contributed by atoms with Crippen LogP contribution in [0.1, 0.15) is 153 Å². The fourth-order valence-corrected chi connectivity index (χ4v) is 11.9. The van der Waals surface area contributed by atoms with Gasteiger partial charge in [-0.25, -0.2) is 9.59 Å². The van der Waals surface area contributed by atoms with E-state index in [0.29, 0.717) is 34.5 Å². The Labute approximate surface area is 416 Å². The minimum atomic E-state index is -0.450. The van der Waals surface area contributed by atoms with Crippen molar-refractivity contribution in [1.29, 1.82) is 0 Å². The first-order valence-corrected chi connectivity index (χ1v) is 26.6. The Hall–Kier alpha value is -6.52. The van der Waals surface area contributed by atoms with Crippen LogP contribution in [0.4, 0.5) is 0 Å². The smallest absolute Gasteiger partial charge is 0.343 e. The summed E-state index contributed by atoms with van der Waals surface area (Å²) in [6.07, 6.45) is 30.9. The van der Waals surface area contributed by atoms with E-state index in [4.69, 9.17) is 9.47 Å². The zero-order valence-electron chi connectivity index (χ0n) is 41.2. The minimum Gasteiger partial charge on any atom is -0.423 e. The Kier molecular flexibility index (Phi) is 14.9. The molecule has 0 saturated heterocycles. The topological polar surface area (TPSA) is 52.6 Å². The van der Waals surface area contributed by atoms with Crippen molar-refractivity contribution in [3.05, 3.63) is 203 Å². The van der Waals surface area contributed by atoms with Crippen LogP contribution < -0.4 is 4.74 Å². The van der Waals surface area contributed by atoms with Crippen molar-refractivity contribution >= 4 is 28.3 Å². The number of carbonyl (C=O) groups is 2. The summed E-state index contributed by atoms with van der Waals surface area (Å²) in [7, 11) is 0. The number of rotatable bonds is 15. The summed E-state index contributed by atoms with van der Waals surface area (Å²) in [5.74, 6) is 2.92. The van der Waals surface area contributed by atoms with Gasteiger partial charge in [0.15, 0.2) is 0 Å². The molecular formula is C66H68O4. The monoisotopic (exact) mass is 925 g/mol. The molecule has 0 bridgehead atoms. The predicted molar refractivity (Wildman–Crippen MR) is 288 cm³/mol. The van der Waals surface area contributed by atoms with E-state index in [1.807, 2.05) is 91.0 Å². The summed E-state index contributed by atoms with van der Waals surface area (Å²) in [5, 5.41) is 1.90. The molecule has 0 aliphatic heterocycles. The lowest BCUT2D eigenvalue weighted by Gasteiger charge is -2.31. The molecule has 2 saturated carbocycles. The van der Waals surface area contributed by atoms with Crippen LogP contribution in [-0.2, 0) is 4.74 Å². The Morgan fingerprint density at radius 1 is 0.500 bits per heavy atom. The van der Waals surface area contributed by atoms with Gasteiger partial charge in [0.05, 0.1) is 11.1 Å². The molecule has 0 aromatic heterocycles. The number of carbonyl (C=O) groups excluding carboxylic acids is 2. The second kappa shape index (κ2) is 22.1. The number of hydrogen-bond acceptors (Lipinski definition) is 4. The Morgan fingerprint density at radius 2 is 0.986 bits per heavy atom. The van der Waals surface area contributed by atoms with E-state index in [-0.39, 0.29) is 11.8 Å². The summed E-state index contributed by atoms with van der Waals surface area (Å²) in [4.78, 5) is 28.3. The zero-order valence-corrected chi connectivity index (χ0v) is 41.2. The summed E-state index contributed by atoms with van der Waals surface area (Å²) in [6.45, 7) is 4.58. The van der Waals surface area contributed by atoms with Crippen molar-refractivity contribution < 1.29 is 19.1 Å². The molecule has 0 heterocycles. The van der Waals surface area contributed by atoms with Crippen molar-refractivity contribution in [3.8, 4) is 28.0 Å². The maximum Gasteiger partial charge on any atom is 0.343 e. The average molecular weight is 925 g/mol. The lowest BCUT2D eigenvalue weighted by Crippen LogP contribution is -2.20. The fraction of sp³-hybridized carbons (Fsp3) is 0.333. The third kappa shape index (κ3) is 10.6. The van der Waals surface area contributed by atoms with E-state index in [0.717, 1.165) is 56.0 Å². The van der Waals surface area contributed by atoms with Gasteiger partial charge in [-0.15, -0.1) is 0 Å². The molecule has 2 atom stereocenters. The van der Waals surface area contributed by atoms with Gasteiger partial charge in [0.2, 0.25) is 0 Å². The minimum absolute atomic E-state index is 0.0312. The van der Waals surface area contributed by atoms with Gasteiger partial charge < -0.3 is 9.47 Å². The van der Waals surface area contributed by atoms with Gasteiger partial charge in [0.1, 0.15) is 11.5 Å². The normalized spacial score (nSPS) is 21.9. The van der Waals surface area contributed by atoms with Crippen molar-refractivity contribution in [3.63, 3.8) is 0 Å². The quantitative estimate of drug-likeness (QED) is 0.0761. The molecule has 4 heteroatoms. The van der Waals surface area contributed by atoms with Gasteiger partial charge in [-0.2, -0.15) is 0 Å². The van der Waals surface area contributed by atoms with Crippen LogP contribution in [0.15, 0.2) is 176 Å². The van der Waals surface area contributed by atoms with Crippen LogP contribution in [0.2, 0.25) is 0 Å². The van der Waals surface area contributed by atoms with E-state index < -0.39 is 11.9 Å². The highest BCUT2D eigenvalue weighted by molar-refractivity contribution is 6.01. The summed E-state index contributed by atoms with van der Waals surface area (Å²) in [6, 6.07) is 45.5. The van der Waals surface area contributed by atoms with Crippen LogP contribution in [0, 0.1) is 23.7 Å². The summed E-state index contributed by atoms with van der Waals surface area (Å²) < 4.78 is 12.8. The molecule has 0 unspecified atom stereocenters. The fourth-order valence-electron chi connectivity index (χ4n) is 11.9. The third-order valence-corrected chi connectivity index (χ3v) is 16.1. The second-order valence-corrected chi connectivity index (χ2v) is 20.6. The number of fused-ring (bicyclic) bond motifs is 2. The first kappa shape index (κ1) is 47.2. The molecule has 4 aliphatic rings. The summed E-state index contributed by atoms with van der Waals surface area (Å²) >= 11 is 0. The van der Waals surface area contributed by atoms with Crippen LogP contribution >= 0.6 is 0 Å². The molecule has 0 N–H and O–H groups in total. The molecule has 70 heavy (non-hydrogen) atoms. The van der Waals surface area contributed by atoms with Gasteiger partial charge in [-0.1, -0.05) is 186 Å². The van der Waals surface area contributed by atoms with Crippen molar-refractivity contribution in [2.45, 2.75) is 116 Å². The number of hydrogen-bond donors (Lipinski definition) is 0. The molecule has 356 valence electrons. The molecule has 0 amide bonds. The van der Waals surface area contributed by atoms with E-state index in [1.165, 1.54) is 101 Å². The lowest BCUT2D eigenvalue weighted by molar-refractivity contribution is 0.0634.